The molecule has 1 fully saturated rings. The maximum absolute atomic E-state index is 13.8. The van der Waals surface area contributed by atoms with Gasteiger partial charge in [-0.05, 0) is 48.9 Å². The number of hydrogen-bond acceptors (Lipinski definition) is 3. The van der Waals surface area contributed by atoms with Crippen molar-refractivity contribution in [1.29, 1.82) is 0 Å². The highest BCUT2D eigenvalue weighted by Crippen LogP contribution is 2.46. The van der Waals surface area contributed by atoms with Crippen LogP contribution in [-0.2, 0) is 16.9 Å². The third kappa shape index (κ3) is 3.88. The maximum atomic E-state index is 13.8. The molecule has 1 aromatic heterocycles. The van der Waals surface area contributed by atoms with E-state index in [0.29, 0.717) is 0 Å². The Morgan fingerprint density at radius 1 is 1.00 bits per heavy atom. The van der Waals surface area contributed by atoms with Crippen molar-refractivity contribution in [2.24, 2.45) is 11.7 Å². The van der Waals surface area contributed by atoms with Crippen molar-refractivity contribution in [3.05, 3.63) is 95.4 Å². The first-order valence-electron chi connectivity index (χ1n) is 10.8. The molecule has 0 bridgehead atoms. The van der Waals surface area contributed by atoms with Gasteiger partial charge in [-0.2, -0.15) is 0 Å². The normalized spacial score (nSPS) is 16.0. The first-order valence-corrected chi connectivity index (χ1v) is 10.8. The molecule has 0 spiro atoms. The van der Waals surface area contributed by atoms with Gasteiger partial charge >= 0.3 is 0 Å². The minimum Gasteiger partial charge on any atom is -0.459 e. The Hall–Kier alpha value is -3.34. The second kappa shape index (κ2) is 8.80. The van der Waals surface area contributed by atoms with E-state index in [9.17, 15) is 9.59 Å². The van der Waals surface area contributed by atoms with Gasteiger partial charge in [-0.3, -0.25) is 9.59 Å². The number of carbonyl (C=O) groups excluding carboxylic acids is 2. The lowest BCUT2D eigenvalue weighted by Gasteiger charge is -2.46. The summed E-state index contributed by atoms with van der Waals surface area (Å²) >= 11 is 0. The fourth-order valence-electron chi connectivity index (χ4n) is 4.90. The van der Waals surface area contributed by atoms with Crippen molar-refractivity contribution >= 4 is 11.8 Å². The average molecular weight is 417 g/mol. The number of amides is 2. The molecule has 1 heterocycles. The Balaban J connectivity index is 1.92. The lowest BCUT2D eigenvalue weighted by Crippen LogP contribution is -2.60. The van der Waals surface area contributed by atoms with E-state index in [1.165, 1.54) is 6.26 Å². The highest BCUT2D eigenvalue weighted by atomic mass is 16.3. The molecule has 0 aliphatic heterocycles. The van der Waals surface area contributed by atoms with Crippen LogP contribution in [0.2, 0.25) is 0 Å². The Kier molecular flexibility index (Phi) is 5.94. The third-order valence-corrected chi connectivity index (χ3v) is 6.40. The monoisotopic (exact) mass is 416 g/mol. The smallest absolute Gasteiger partial charge is 0.291 e. The first kappa shape index (κ1) is 20.9. The summed E-state index contributed by atoms with van der Waals surface area (Å²) in [5.41, 5.74) is 7.71. The second-order valence-electron chi connectivity index (χ2n) is 8.33. The van der Waals surface area contributed by atoms with Crippen LogP contribution < -0.4 is 5.73 Å². The van der Waals surface area contributed by atoms with E-state index in [4.69, 9.17) is 10.2 Å². The van der Waals surface area contributed by atoms with Crippen molar-refractivity contribution in [2.75, 3.05) is 0 Å². The lowest BCUT2D eigenvalue weighted by atomic mass is 9.74. The minimum absolute atomic E-state index is 0.0599. The summed E-state index contributed by atoms with van der Waals surface area (Å²) in [5.74, 6) is -0.693. The number of nitrogens with zero attached hydrogens (tertiary/aromatic N) is 1. The summed E-state index contributed by atoms with van der Waals surface area (Å²) in [6, 6.07) is 20.8. The number of hydrogen-bond donors (Lipinski definition) is 1. The van der Waals surface area contributed by atoms with Crippen LogP contribution >= 0.6 is 0 Å². The largest absolute Gasteiger partial charge is 0.459 e. The standard InChI is InChI=1S/C26H28N2O3/c1-19-13-15-22(16-14-19)26(25(27)30,21-10-5-6-11-21)28(18-20-8-3-2-4-9-20)24(29)23-12-7-17-31-23/h2-4,7-9,12-17,21H,5-6,10-11,18H2,1H3,(H2,27,30). The quantitative estimate of drug-likeness (QED) is 0.601. The number of rotatable bonds is 7. The number of furan rings is 1. The van der Waals surface area contributed by atoms with Crippen molar-refractivity contribution < 1.29 is 14.0 Å². The van der Waals surface area contributed by atoms with Gasteiger partial charge in [0.2, 0.25) is 5.91 Å². The van der Waals surface area contributed by atoms with E-state index in [1.807, 2.05) is 61.5 Å². The molecule has 160 valence electrons. The molecule has 4 rings (SSSR count). The van der Waals surface area contributed by atoms with Gasteiger partial charge < -0.3 is 15.1 Å². The molecule has 1 saturated carbocycles. The zero-order valence-corrected chi connectivity index (χ0v) is 17.8. The average Bonchev–Trinajstić information content (AvgIpc) is 3.49. The van der Waals surface area contributed by atoms with Crippen LogP contribution in [0.25, 0.3) is 0 Å². The molecule has 2 N–H and O–H groups in total. The summed E-state index contributed by atoms with van der Waals surface area (Å²) < 4.78 is 5.46. The molecule has 2 aromatic carbocycles. The Morgan fingerprint density at radius 3 is 2.26 bits per heavy atom. The zero-order chi connectivity index (χ0) is 21.8. The van der Waals surface area contributed by atoms with Crippen molar-refractivity contribution in [2.45, 2.75) is 44.7 Å². The van der Waals surface area contributed by atoms with Gasteiger partial charge in [0.05, 0.1) is 6.26 Å². The van der Waals surface area contributed by atoms with Gasteiger partial charge in [-0.1, -0.05) is 73.0 Å². The lowest BCUT2D eigenvalue weighted by molar-refractivity contribution is -0.134. The highest BCUT2D eigenvalue weighted by molar-refractivity contribution is 5.98. The summed E-state index contributed by atoms with van der Waals surface area (Å²) in [4.78, 5) is 28.8. The molecule has 0 radical (unpaired) electrons. The van der Waals surface area contributed by atoms with Crippen LogP contribution in [-0.4, -0.2) is 16.7 Å². The molecular formula is C26H28N2O3. The van der Waals surface area contributed by atoms with Crippen LogP contribution in [0, 0.1) is 12.8 Å². The van der Waals surface area contributed by atoms with Crippen molar-refractivity contribution in [3.8, 4) is 0 Å². The van der Waals surface area contributed by atoms with Gasteiger partial charge in [0.1, 0.15) is 5.54 Å². The van der Waals surface area contributed by atoms with Crippen LogP contribution in [0.5, 0.6) is 0 Å². The van der Waals surface area contributed by atoms with Gasteiger partial charge in [0.25, 0.3) is 5.91 Å². The molecule has 3 aromatic rings. The Labute approximate surface area is 182 Å². The topological polar surface area (TPSA) is 76.5 Å². The van der Waals surface area contributed by atoms with Gasteiger partial charge in [0.15, 0.2) is 5.76 Å². The van der Waals surface area contributed by atoms with Crippen molar-refractivity contribution in [3.63, 3.8) is 0 Å². The van der Waals surface area contributed by atoms with E-state index in [0.717, 1.165) is 42.4 Å². The van der Waals surface area contributed by atoms with E-state index >= 15 is 0 Å². The molecule has 1 atom stereocenters. The van der Waals surface area contributed by atoms with E-state index in [1.54, 1.807) is 17.0 Å². The summed E-state index contributed by atoms with van der Waals surface area (Å²) in [7, 11) is 0. The molecular weight excluding hydrogens is 388 g/mol. The van der Waals surface area contributed by atoms with Gasteiger partial charge in [-0.15, -0.1) is 0 Å². The molecule has 0 saturated heterocycles. The Bertz CT molecular complexity index is 1020. The maximum Gasteiger partial charge on any atom is 0.291 e. The van der Waals surface area contributed by atoms with E-state index in [-0.39, 0.29) is 24.1 Å². The first-order chi connectivity index (χ1) is 15.0. The van der Waals surface area contributed by atoms with Gasteiger partial charge in [-0.25, -0.2) is 0 Å². The van der Waals surface area contributed by atoms with Crippen LogP contribution in [0.4, 0.5) is 0 Å². The summed E-state index contributed by atoms with van der Waals surface area (Å²) in [5, 5.41) is 0. The Morgan fingerprint density at radius 2 is 1.68 bits per heavy atom. The number of carbonyl (C=O) groups is 2. The number of benzene rings is 2. The second-order valence-corrected chi connectivity index (χ2v) is 8.33. The van der Waals surface area contributed by atoms with Crippen LogP contribution in [0.1, 0.15) is 52.9 Å². The van der Waals surface area contributed by atoms with Crippen LogP contribution in [0.3, 0.4) is 0 Å². The zero-order valence-electron chi connectivity index (χ0n) is 17.8. The number of aryl methyl sites for hydroxylation is 1. The molecule has 5 nitrogen and oxygen atoms in total. The van der Waals surface area contributed by atoms with E-state index < -0.39 is 11.4 Å². The van der Waals surface area contributed by atoms with E-state index in [2.05, 4.69) is 0 Å². The minimum atomic E-state index is -1.26. The van der Waals surface area contributed by atoms with Crippen LogP contribution in [0.15, 0.2) is 77.4 Å². The van der Waals surface area contributed by atoms with Gasteiger partial charge in [0, 0.05) is 6.54 Å². The molecule has 2 amide bonds. The molecule has 31 heavy (non-hydrogen) atoms. The molecule has 1 aliphatic rings. The summed E-state index contributed by atoms with van der Waals surface area (Å²) in [6.45, 7) is 2.26. The number of nitrogens with two attached hydrogens (primary N) is 1. The third-order valence-electron chi connectivity index (χ3n) is 6.40. The fourth-order valence-corrected chi connectivity index (χ4v) is 4.90. The fraction of sp³-hybridized carbons (Fsp3) is 0.308. The summed E-state index contributed by atoms with van der Waals surface area (Å²) in [6.07, 6.45) is 5.18. The molecule has 1 unspecified atom stereocenters. The molecule has 1 aliphatic carbocycles. The molecule has 5 heteroatoms. The SMILES string of the molecule is Cc1ccc(C(C(N)=O)(C2CCCC2)N(Cc2ccccc2)C(=O)c2ccco2)cc1. The number of primary amides is 1. The predicted molar refractivity (Wildman–Crippen MR) is 119 cm³/mol. The highest BCUT2D eigenvalue weighted by Gasteiger charge is 2.53. The predicted octanol–water partition coefficient (Wildman–Crippen LogP) is 4.80. The van der Waals surface area contributed by atoms with Crippen molar-refractivity contribution in [1.82, 2.24) is 4.90 Å².